The topological polar surface area (TPSA) is 55.4 Å². The summed E-state index contributed by atoms with van der Waals surface area (Å²) in [5.41, 5.74) is 0.614. The number of amides is 1. The van der Waals surface area contributed by atoms with E-state index < -0.39 is 0 Å². The summed E-state index contributed by atoms with van der Waals surface area (Å²) in [5.74, 6) is -0.627. The number of rotatable bonds is 9. The fraction of sp³-hybridized carbons (Fsp3) is 0.556. The highest BCUT2D eigenvalue weighted by Gasteiger charge is 2.29. The largest absolute Gasteiger partial charge is 0.466 e. The second-order valence-electron chi connectivity index (χ2n) is 5.38. The van der Waals surface area contributed by atoms with Crippen molar-refractivity contribution in [2.75, 3.05) is 6.61 Å². The van der Waals surface area contributed by atoms with Crippen molar-refractivity contribution in [2.24, 2.45) is 5.92 Å². The molecule has 0 fully saturated rings. The quantitative estimate of drug-likeness (QED) is 0.710. The number of carbonyl (C=O) groups excluding carboxylic acids is 2. The SMILES string of the molecule is CCC[C@H](NC(=O)c1ccccc1)[C@@H](CCC)C(=O)OCC. The van der Waals surface area contributed by atoms with Crippen LogP contribution in [0.2, 0.25) is 0 Å². The Labute approximate surface area is 133 Å². The number of benzene rings is 1. The summed E-state index contributed by atoms with van der Waals surface area (Å²) in [7, 11) is 0. The molecule has 0 spiro atoms. The zero-order valence-corrected chi connectivity index (χ0v) is 13.8. The highest BCUT2D eigenvalue weighted by molar-refractivity contribution is 5.94. The molecule has 0 saturated carbocycles. The first-order chi connectivity index (χ1) is 10.6. The maximum Gasteiger partial charge on any atom is 0.311 e. The number of nitrogens with one attached hydrogen (secondary N) is 1. The van der Waals surface area contributed by atoms with Gasteiger partial charge in [-0.1, -0.05) is 44.9 Å². The van der Waals surface area contributed by atoms with Gasteiger partial charge in [-0.2, -0.15) is 0 Å². The Balaban J connectivity index is 2.84. The number of ether oxygens (including phenoxy) is 1. The Bertz CT molecular complexity index is 459. The lowest BCUT2D eigenvalue weighted by Gasteiger charge is -2.26. The van der Waals surface area contributed by atoms with Gasteiger partial charge in [0.1, 0.15) is 0 Å². The van der Waals surface area contributed by atoms with Crippen molar-refractivity contribution < 1.29 is 14.3 Å². The molecule has 1 N–H and O–H groups in total. The molecule has 4 nitrogen and oxygen atoms in total. The van der Waals surface area contributed by atoms with E-state index in [0.29, 0.717) is 12.2 Å². The van der Waals surface area contributed by atoms with Crippen LogP contribution in [0.1, 0.15) is 56.8 Å². The predicted octanol–water partition coefficient (Wildman–Crippen LogP) is 3.56. The third-order valence-corrected chi connectivity index (χ3v) is 3.63. The third-order valence-electron chi connectivity index (χ3n) is 3.63. The molecule has 4 heteroatoms. The van der Waals surface area contributed by atoms with E-state index in [1.807, 2.05) is 25.1 Å². The lowest BCUT2D eigenvalue weighted by molar-refractivity contribution is -0.149. The first-order valence-electron chi connectivity index (χ1n) is 8.16. The number of hydrogen-bond acceptors (Lipinski definition) is 3. The van der Waals surface area contributed by atoms with E-state index in [1.165, 1.54) is 0 Å². The molecule has 1 aromatic carbocycles. The van der Waals surface area contributed by atoms with Crippen molar-refractivity contribution in [3.05, 3.63) is 35.9 Å². The monoisotopic (exact) mass is 305 g/mol. The van der Waals surface area contributed by atoms with Crippen LogP contribution < -0.4 is 5.32 Å². The number of carbonyl (C=O) groups is 2. The Morgan fingerprint density at radius 2 is 1.68 bits per heavy atom. The molecule has 0 saturated heterocycles. The summed E-state index contributed by atoms with van der Waals surface area (Å²) in [5, 5.41) is 3.02. The van der Waals surface area contributed by atoms with E-state index >= 15 is 0 Å². The maximum atomic E-state index is 12.4. The Morgan fingerprint density at radius 3 is 2.23 bits per heavy atom. The molecule has 22 heavy (non-hydrogen) atoms. The standard InChI is InChI=1S/C18H27NO3/c1-4-10-15(18(21)22-6-3)16(11-5-2)19-17(20)14-12-8-7-9-13-14/h7-9,12-13,15-16H,4-6,10-11H2,1-3H3,(H,19,20)/t15-,16+/m1/s1. The minimum absolute atomic E-state index is 0.135. The first-order valence-corrected chi connectivity index (χ1v) is 8.16. The second-order valence-corrected chi connectivity index (χ2v) is 5.38. The van der Waals surface area contributed by atoms with E-state index in [1.54, 1.807) is 19.1 Å². The highest BCUT2D eigenvalue weighted by Crippen LogP contribution is 2.18. The summed E-state index contributed by atoms with van der Waals surface area (Å²) in [6.07, 6.45) is 3.27. The molecule has 2 atom stereocenters. The van der Waals surface area contributed by atoms with Crippen LogP contribution >= 0.6 is 0 Å². The summed E-state index contributed by atoms with van der Waals surface area (Å²) in [4.78, 5) is 24.5. The predicted molar refractivity (Wildman–Crippen MR) is 87.6 cm³/mol. The van der Waals surface area contributed by atoms with Crippen molar-refractivity contribution in [2.45, 2.75) is 52.5 Å². The molecule has 0 radical (unpaired) electrons. The average molecular weight is 305 g/mol. The number of hydrogen-bond donors (Lipinski definition) is 1. The van der Waals surface area contributed by atoms with Gasteiger partial charge in [-0.25, -0.2) is 0 Å². The molecule has 1 amide bonds. The van der Waals surface area contributed by atoms with E-state index in [-0.39, 0.29) is 23.8 Å². The van der Waals surface area contributed by atoms with Crippen molar-refractivity contribution in [1.29, 1.82) is 0 Å². The van der Waals surface area contributed by atoms with Crippen LogP contribution in [0.3, 0.4) is 0 Å². The zero-order chi connectivity index (χ0) is 16.4. The van der Waals surface area contributed by atoms with E-state index in [4.69, 9.17) is 4.74 Å². The molecule has 0 aromatic heterocycles. The van der Waals surface area contributed by atoms with Crippen LogP contribution in [-0.2, 0) is 9.53 Å². The molecule has 0 heterocycles. The summed E-state index contributed by atoms with van der Waals surface area (Å²) < 4.78 is 5.18. The van der Waals surface area contributed by atoms with Crippen LogP contribution in [-0.4, -0.2) is 24.5 Å². The highest BCUT2D eigenvalue weighted by atomic mass is 16.5. The van der Waals surface area contributed by atoms with Crippen molar-refractivity contribution in [3.63, 3.8) is 0 Å². The normalized spacial score (nSPS) is 13.2. The van der Waals surface area contributed by atoms with Gasteiger partial charge in [0, 0.05) is 11.6 Å². The van der Waals surface area contributed by atoms with Gasteiger partial charge in [0.25, 0.3) is 5.91 Å². The van der Waals surface area contributed by atoms with Gasteiger partial charge in [-0.05, 0) is 31.9 Å². The Kier molecular flexibility index (Phi) is 8.26. The summed E-state index contributed by atoms with van der Waals surface area (Å²) in [6.45, 7) is 6.26. The third kappa shape index (κ3) is 5.51. The fourth-order valence-electron chi connectivity index (χ4n) is 2.57. The molecule has 0 bridgehead atoms. The summed E-state index contributed by atoms with van der Waals surface area (Å²) in [6, 6.07) is 8.90. The van der Waals surface area contributed by atoms with Crippen LogP contribution in [0.5, 0.6) is 0 Å². The van der Waals surface area contributed by atoms with Gasteiger partial charge in [-0.15, -0.1) is 0 Å². The van der Waals surface area contributed by atoms with Gasteiger partial charge >= 0.3 is 5.97 Å². The van der Waals surface area contributed by atoms with Gasteiger partial charge < -0.3 is 10.1 Å². The minimum atomic E-state index is -0.280. The fourth-order valence-corrected chi connectivity index (χ4v) is 2.57. The molecule has 0 aliphatic carbocycles. The molecular weight excluding hydrogens is 278 g/mol. The van der Waals surface area contributed by atoms with Gasteiger partial charge in [0.2, 0.25) is 0 Å². The average Bonchev–Trinajstić information content (AvgIpc) is 2.53. The molecule has 1 rings (SSSR count). The second kappa shape index (κ2) is 9.98. The zero-order valence-electron chi connectivity index (χ0n) is 13.8. The van der Waals surface area contributed by atoms with Crippen LogP contribution in [0, 0.1) is 5.92 Å². The van der Waals surface area contributed by atoms with E-state index in [2.05, 4.69) is 12.2 Å². The minimum Gasteiger partial charge on any atom is -0.466 e. The van der Waals surface area contributed by atoms with Crippen LogP contribution in [0.25, 0.3) is 0 Å². The van der Waals surface area contributed by atoms with E-state index in [9.17, 15) is 9.59 Å². The first kappa shape index (κ1) is 18.2. The van der Waals surface area contributed by atoms with Crippen molar-refractivity contribution in [3.8, 4) is 0 Å². The molecule has 0 aliphatic heterocycles. The Hall–Kier alpha value is -1.84. The van der Waals surface area contributed by atoms with Crippen molar-refractivity contribution in [1.82, 2.24) is 5.32 Å². The van der Waals surface area contributed by atoms with Crippen molar-refractivity contribution >= 4 is 11.9 Å². The lowest BCUT2D eigenvalue weighted by Crippen LogP contribution is -2.44. The van der Waals surface area contributed by atoms with Gasteiger partial charge in [-0.3, -0.25) is 9.59 Å². The molecule has 1 aromatic rings. The molecular formula is C18H27NO3. The lowest BCUT2D eigenvalue weighted by atomic mass is 9.91. The number of esters is 1. The van der Waals surface area contributed by atoms with Gasteiger partial charge in [0.15, 0.2) is 0 Å². The summed E-state index contributed by atoms with van der Waals surface area (Å²) >= 11 is 0. The Morgan fingerprint density at radius 1 is 1.05 bits per heavy atom. The smallest absolute Gasteiger partial charge is 0.311 e. The molecule has 0 unspecified atom stereocenters. The van der Waals surface area contributed by atoms with Crippen LogP contribution in [0.15, 0.2) is 30.3 Å². The maximum absolute atomic E-state index is 12.4. The van der Waals surface area contributed by atoms with Gasteiger partial charge in [0.05, 0.1) is 12.5 Å². The van der Waals surface area contributed by atoms with Crippen LogP contribution in [0.4, 0.5) is 0 Å². The molecule has 0 aliphatic rings. The molecule has 122 valence electrons. The van der Waals surface area contributed by atoms with E-state index in [0.717, 1.165) is 25.7 Å².